The van der Waals surface area contributed by atoms with Crippen molar-refractivity contribution in [3.05, 3.63) is 102 Å². The van der Waals surface area contributed by atoms with Crippen LogP contribution >= 0.6 is 23.2 Å². The third kappa shape index (κ3) is 9.85. The van der Waals surface area contributed by atoms with E-state index in [-0.39, 0.29) is 6.03 Å². The summed E-state index contributed by atoms with van der Waals surface area (Å²) in [7, 11) is 1.63. The van der Waals surface area contributed by atoms with E-state index in [0.717, 1.165) is 67.9 Å². The summed E-state index contributed by atoms with van der Waals surface area (Å²) in [6.45, 7) is 8.52. The molecule has 0 radical (unpaired) electrons. The Kier molecular flexibility index (Phi) is 15.3. The van der Waals surface area contributed by atoms with Gasteiger partial charge in [-0.05, 0) is 79.9 Å². The molecule has 6 aromatic rings. The number of nitrogens with two attached hydrogens (primary N) is 1. The number of rotatable bonds is 10. The maximum absolute atomic E-state index is 11.8. The van der Waals surface area contributed by atoms with Crippen molar-refractivity contribution in [1.82, 2.24) is 14.5 Å². The largest absolute Gasteiger partial charge is 0.497 e. The number of hydrogen-bond acceptors (Lipinski definition) is 7. The molecule has 11 nitrogen and oxygen atoms in total. The van der Waals surface area contributed by atoms with Crippen LogP contribution in [0.25, 0.3) is 44.3 Å². The minimum Gasteiger partial charge on any atom is -0.497 e. The summed E-state index contributed by atoms with van der Waals surface area (Å²) in [6, 6.07) is 31.5. The molecule has 4 aromatic carbocycles. The van der Waals surface area contributed by atoms with Gasteiger partial charge in [0.2, 0.25) is 6.08 Å². The lowest BCUT2D eigenvalue weighted by Gasteiger charge is -2.11. The number of aromatic nitrogens is 2. The van der Waals surface area contributed by atoms with Gasteiger partial charge < -0.3 is 30.2 Å². The van der Waals surface area contributed by atoms with Crippen LogP contribution < -0.4 is 21.1 Å². The quantitative estimate of drug-likeness (QED) is 0.0544. The Labute approximate surface area is 330 Å². The predicted octanol–water partition coefficient (Wildman–Crippen LogP) is 9.22. The Morgan fingerprint density at radius 1 is 0.818 bits per heavy atom. The molecule has 0 saturated carbocycles. The third-order valence-electron chi connectivity index (χ3n) is 8.59. The van der Waals surface area contributed by atoms with E-state index in [4.69, 9.17) is 33.7 Å². The second-order valence-corrected chi connectivity index (χ2v) is 12.8. The number of carbonyl (C=O) groups is 1. The summed E-state index contributed by atoms with van der Waals surface area (Å²) in [4.78, 5) is 24.1. The molecule has 282 valence electrons. The first-order valence-electron chi connectivity index (χ1n) is 17.5. The van der Waals surface area contributed by atoms with Gasteiger partial charge in [-0.15, -0.1) is 23.2 Å². The van der Waals surface area contributed by atoms with Crippen molar-refractivity contribution in [2.45, 2.75) is 33.9 Å². The highest BCUT2D eigenvalue weighted by Crippen LogP contribution is 2.36. The predicted molar refractivity (Wildman–Crippen MR) is 223 cm³/mol. The molecule has 2 heterocycles. The Balaban J connectivity index is 0.000000219. The lowest BCUT2D eigenvalue weighted by atomic mass is 10.1. The van der Waals surface area contributed by atoms with Crippen LogP contribution in [0.5, 0.6) is 5.75 Å². The zero-order chi connectivity index (χ0) is 39.9. The Morgan fingerprint density at radius 2 is 1.36 bits per heavy atom. The molecule has 4 N–H and O–H groups in total. The highest BCUT2D eigenvalue weighted by molar-refractivity contribution is 6.18. The molecular formula is C42H42Cl2N8O3. The van der Waals surface area contributed by atoms with Crippen LogP contribution in [-0.2, 0) is 17.9 Å². The molecule has 0 aliphatic carbocycles. The highest BCUT2D eigenvalue weighted by atomic mass is 35.5. The van der Waals surface area contributed by atoms with Crippen LogP contribution in [0.2, 0.25) is 0 Å². The lowest BCUT2D eigenvalue weighted by Crippen LogP contribution is -2.30. The SMILES string of the molecule is CCn1c(-c2ccc(N)cc2)c(C#N)c2ccc(C)cc21.CCn1c(-c2ccc(NC(=O)NCCCl)cc2)c(C#N)c2ccc(OC)cc21.O=C=NCCCl. The molecule has 0 unspecified atom stereocenters. The molecule has 0 saturated heterocycles. The van der Waals surface area contributed by atoms with Gasteiger partial charge >= 0.3 is 6.03 Å². The summed E-state index contributed by atoms with van der Waals surface area (Å²) < 4.78 is 9.64. The lowest BCUT2D eigenvalue weighted by molar-refractivity contribution is 0.252. The summed E-state index contributed by atoms with van der Waals surface area (Å²) >= 11 is 10.7. The maximum Gasteiger partial charge on any atom is 0.319 e. The minimum absolute atomic E-state index is 0.305. The Morgan fingerprint density at radius 3 is 1.84 bits per heavy atom. The smallest absolute Gasteiger partial charge is 0.319 e. The van der Waals surface area contributed by atoms with Crippen LogP contribution in [0.1, 0.15) is 30.5 Å². The number of nitrogens with zero attached hydrogens (tertiary/aromatic N) is 5. The summed E-state index contributed by atoms with van der Waals surface area (Å²) in [5.74, 6) is 1.50. The van der Waals surface area contributed by atoms with E-state index in [1.165, 1.54) is 11.6 Å². The van der Waals surface area contributed by atoms with Crippen molar-refractivity contribution in [2.24, 2.45) is 4.99 Å². The number of carbonyl (C=O) groups excluding carboxylic acids is 2. The van der Waals surface area contributed by atoms with Crippen molar-refractivity contribution in [3.8, 4) is 40.4 Å². The van der Waals surface area contributed by atoms with Gasteiger partial charge in [-0.2, -0.15) is 10.5 Å². The molecule has 0 atom stereocenters. The number of hydrogen-bond donors (Lipinski definition) is 3. The van der Waals surface area contributed by atoms with Crippen LogP contribution in [0, 0.1) is 29.6 Å². The second kappa shape index (κ2) is 20.3. The molecule has 0 spiro atoms. The van der Waals surface area contributed by atoms with Crippen LogP contribution in [0.3, 0.4) is 0 Å². The number of aliphatic imine (C=N–C) groups is 1. The van der Waals surface area contributed by atoms with E-state index in [9.17, 15) is 20.1 Å². The number of nitrogens with one attached hydrogen (secondary N) is 2. The van der Waals surface area contributed by atoms with Gasteiger partial charge in [0.1, 0.15) is 17.9 Å². The number of aryl methyl sites for hydroxylation is 3. The minimum atomic E-state index is -0.305. The molecule has 6 rings (SSSR count). The number of isocyanates is 1. The van der Waals surface area contributed by atoms with Gasteiger partial charge in [0.05, 0.1) is 47.2 Å². The fraction of sp³-hybridized carbons (Fsp3) is 0.238. The maximum atomic E-state index is 11.8. The number of methoxy groups -OCH3 is 1. The number of nitriles is 2. The molecular weight excluding hydrogens is 735 g/mol. The number of amides is 2. The number of alkyl halides is 2. The van der Waals surface area contributed by atoms with E-state index >= 15 is 0 Å². The average Bonchev–Trinajstić information content (AvgIpc) is 3.70. The Bertz CT molecular complexity index is 2380. The summed E-state index contributed by atoms with van der Waals surface area (Å²) in [5, 5.41) is 26.7. The van der Waals surface area contributed by atoms with E-state index in [0.29, 0.717) is 42.6 Å². The van der Waals surface area contributed by atoms with Gasteiger partial charge in [0.25, 0.3) is 0 Å². The van der Waals surface area contributed by atoms with Gasteiger partial charge in [0.15, 0.2) is 0 Å². The summed E-state index contributed by atoms with van der Waals surface area (Å²) in [6.07, 6.45) is 1.36. The molecule has 55 heavy (non-hydrogen) atoms. The Hall–Kier alpha value is -6.23. The van der Waals surface area contributed by atoms with Crippen LogP contribution in [0.4, 0.5) is 16.2 Å². The van der Waals surface area contributed by atoms with Crippen molar-refractivity contribution in [2.75, 3.05) is 43.0 Å². The molecule has 2 aromatic heterocycles. The number of anilines is 2. The van der Waals surface area contributed by atoms with Gasteiger partial charge in [-0.1, -0.05) is 36.4 Å². The molecule has 0 bridgehead atoms. The fourth-order valence-electron chi connectivity index (χ4n) is 6.18. The second-order valence-electron chi connectivity index (χ2n) is 12.0. The molecule has 13 heteroatoms. The number of halogens is 2. The zero-order valence-corrected chi connectivity index (χ0v) is 32.6. The number of fused-ring (bicyclic) bond motifs is 2. The van der Waals surface area contributed by atoms with Crippen molar-refractivity contribution >= 4 is 68.5 Å². The zero-order valence-electron chi connectivity index (χ0n) is 31.1. The molecule has 0 fully saturated rings. The van der Waals surface area contributed by atoms with Crippen molar-refractivity contribution in [3.63, 3.8) is 0 Å². The summed E-state index contributed by atoms with van der Waals surface area (Å²) in [5.41, 5.74) is 15.5. The van der Waals surface area contributed by atoms with Gasteiger partial charge in [-0.3, -0.25) is 0 Å². The number of nitrogen functional groups attached to an aromatic ring is 1. The first-order chi connectivity index (χ1) is 26.7. The van der Waals surface area contributed by atoms with E-state index < -0.39 is 0 Å². The van der Waals surface area contributed by atoms with Crippen LogP contribution in [0.15, 0.2) is 89.9 Å². The van der Waals surface area contributed by atoms with Crippen molar-refractivity contribution < 1.29 is 14.3 Å². The monoisotopic (exact) mass is 776 g/mol. The normalized spacial score (nSPS) is 10.2. The van der Waals surface area contributed by atoms with Gasteiger partial charge in [0, 0.05) is 59.6 Å². The first-order valence-corrected chi connectivity index (χ1v) is 18.6. The fourth-order valence-corrected chi connectivity index (χ4v) is 6.35. The van der Waals surface area contributed by atoms with Crippen molar-refractivity contribution in [1.29, 1.82) is 10.5 Å². The van der Waals surface area contributed by atoms with Crippen LogP contribution in [-0.4, -0.2) is 53.2 Å². The third-order valence-corrected chi connectivity index (χ3v) is 8.95. The molecule has 0 aliphatic rings. The average molecular weight is 778 g/mol. The first kappa shape index (κ1) is 41.5. The number of urea groups is 1. The highest BCUT2D eigenvalue weighted by Gasteiger charge is 2.19. The number of ether oxygens (including phenoxy) is 1. The molecule has 0 aliphatic heterocycles. The van der Waals surface area contributed by atoms with E-state index in [2.05, 4.69) is 62.9 Å². The van der Waals surface area contributed by atoms with E-state index in [1.54, 1.807) is 7.11 Å². The van der Waals surface area contributed by atoms with E-state index in [1.807, 2.05) is 79.7 Å². The topological polar surface area (TPSA) is 163 Å². The molecule has 2 amide bonds. The number of benzene rings is 4. The standard InChI is InChI=1S/C21H21ClN4O2.C18H17N3.C3H4ClNO/c1-3-26-19-12-16(28-2)8-9-17(19)18(13-23)20(26)14-4-6-15(7-5-14)25-21(27)24-11-10-22;1-3-21-17-10-12(2)4-9-15(17)16(11-19)18(21)13-5-7-14(20)8-6-13;4-1-2-5-3-6/h4-9,12H,3,10-11H2,1-2H3,(H2,24,25,27);4-10H,3,20H2,1-2H3;1-2H2. The van der Waals surface area contributed by atoms with Gasteiger partial charge in [-0.25, -0.2) is 14.6 Å².